The second kappa shape index (κ2) is 52.5. The number of ether oxygens (including phenoxy) is 2. The second-order valence-corrected chi connectivity index (χ2v) is 21.4. The molecule has 0 saturated carbocycles. The summed E-state index contributed by atoms with van der Waals surface area (Å²) in [6.07, 6.45) is 72.9. The fraction of sp³-hybridized carbons (Fsp3) is 0.677. The second-order valence-electron chi connectivity index (χ2n) is 19.9. The first-order chi connectivity index (χ1) is 35.0. The summed E-state index contributed by atoms with van der Waals surface area (Å²) in [4.78, 5) is 35.7. The molecule has 412 valence electrons. The van der Waals surface area contributed by atoms with Gasteiger partial charge >= 0.3 is 19.8 Å². The number of esters is 2. The third kappa shape index (κ3) is 56.0. The lowest BCUT2D eigenvalue weighted by Gasteiger charge is -2.24. The average molecular weight is 1030 g/mol. The number of nitrogens with zero attached hydrogens (tertiary/aromatic N) is 1. The van der Waals surface area contributed by atoms with Gasteiger partial charge in [0.25, 0.3) is 0 Å². The molecule has 2 atom stereocenters. The number of hydrogen-bond donors (Lipinski definition) is 1. The minimum Gasteiger partial charge on any atom is -0.462 e. The summed E-state index contributed by atoms with van der Waals surface area (Å²) in [7, 11) is 1.45. The van der Waals surface area contributed by atoms with E-state index in [1.165, 1.54) is 64.2 Å². The molecule has 0 saturated heterocycles. The molecule has 0 aliphatic rings. The van der Waals surface area contributed by atoms with Gasteiger partial charge in [0.15, 0.2) is 6.10 Å². The first-order valence-electron chi connectivity index (χ1n) is 28.6. The van der Waals surface area contributed by atoms with Gasteiger partial charge in [0.1, 0.15) is 19.8 Å². The Morgan fingerprint density at radius 3 is 1.11 bits per heavy atom. The maximum atomic E-state index is 12.8. The summed E-state index contributed by atoms with van der Waals surface area (Å²) in [6, 6.07) is 0. The largest absolute Gasteiger partial charge is 0.472 e. The Kier molecular flexibility index (Phi) is 50.1. The zero-order chi connectivity index (χ0) is 52.7. The minimum atomic E-state index is -4.40. The van der Waals surface area contributed by atoms with Crippen LogP contribution in [0.1, 0.15) is 219 Å². The smallest absolute Gasteiger partial charge is 0.462 e. The number of hydrogen-bond acceptors (Lipinski definition) is 7. The molecule has 1 N–H and O–H groups in total. The van der Waals surface area contributed by atoms with Crippen molar-refractivity contribution in [1.82, 2.24) is 0 Å². The van der Waals surface area contributed by atoms with Crippen molar-refractivity contribution in [2.24, 2.45) is 0 Å². The van der Waals surface area contributed by atoms with E-state index >= 15 is 0 Å². The molecule has 0 amide bonds. The Labute approximate surface area is 442 Å². The highest BCUT2D eigenvalue weighted by molar-refractivity contribution is 7.47. The molecule has 0 fully saturated rings. The van der Waals surface area contributed by atoms with E-state index in [9.17, 15) is 19.0 Å². The van der Waals surface area contributed by atoms with Gasteiger partial charge in [0, 0.05) is 12.8 Å². The predicted molar refractivity (Wildman–Crippen MR) is 307 cm³/mol. The molecular formula is C62H107NO8P+. The Hall–Kier alpha value is -3.33. The number of phosphoric ester groups is 1. The summed E-state index contributed by atoms with van der Waals surface area (Å²) < 4.78 is 34.5. The standard InChI is InChI=1S/C62H106NO8P/c1-6-8-10-12-14-16-18-20-22-24-26-27-28-29-30-31-32-33-34-35-37-39-41-43-45-47-49-51-53-55-62(65)71-60(59-70-72(66,67)69-57-56-63(3,4)5)58-68-61(64)54-52-50-48-46-44-42-40-38-36-25-23-21-19-17-15-13-11-9-7-2/h8-11,14-17,20-23,26-27,29-30,36,38,60H,6-7,12-13,18-19,24-25,28,31-35,37,39-59H2,1-5H3/p+1/b10-8-,11-9-,16-14-,17-15-,22-20-,23-21-,27-26-,30-29-,38-36-. The van der Waals surface area contributed by atoms with Crippen molar-refractivity contribution >= 4 is 19.8 Å². The van der Waals surface area contributed by atoms with Crippen LogP contribution in [0.5, 0.6) is 0 Å². The number of carbonyl (C=O) groups excluding carboxylic acids is 2. The van der Waals surface area contributed by atoms with E-state index in [0.29, 0.717) is 17.4 Å². The molecule has 0 heterocycles. The molecule has 0 aromatic carbocycles. The fourth-order valence-electron chi connectivity index (χ4n) is 7.44. The molecule has 0 radical (unpaired) electrons. The Morgan fingerprint density at radius 1 is 0.431 bits per heavy atom. The lowest BCUT2D eigenvalue weighted by atomic mass is 10.0. The van der Waals surface area contributed by atoms with Gasteiger partial charge in [0.05, 0.1) is 27.7 Å². The number of likely N-dealkylation sites (N-methyl/N-ethyl adjacent to an activating group) is 1. The summed E-state index contributed by atoms with van der Waals surface area (Å²) in [5.74, 6) is -0.819. The molecule has 72 heavy (non-hydrogen) atoms. The lowest BCUT2D eigenvalue weighted by Crippen LogP contribution is -2.37. The van der Waals surface area contributed by atoms with E-state index in [2.05, 4.69) is 123 Å². The number of carbonyl (C=O) groups is 2. The number of phosphoric acid groups is 1. The number of quaternary nitrogens is 1. The highest BCUT2D eigenvalue weighted by atomic mass is 31.2. The highest BCUT2D eigenvalue weighted by Gasteiger charge is 2.27. The maximum absolute atomic E-state index is 12.8. The van der Waals surface area contributed by atoms with Crippen LogP contribution in [-0.2, 0) is 32.7 Å². The minimum absolute atomic E-state index is 0.0237. The third-order valence-corrected chi connectivity index (χ3v) is 12.8. The lowest BCUT2D eigenvalue weighted by molar-refractivity contribution is -0.870. The SMILES string of the molecule is CC/C=C\C/C=C\C/C=C\C/C=C\C/C=C\CCCCCCCCCCCCCCCC(=O)OC(COC(=O)CCCCCCCC/C=C\C/C=C\C/C=C\C/C=C\CC)COP(=O)(O)OCC[N+](C)(C)C. The van der Waals surface area contributed by atoms with E-state index in [0.717, 1.165) is 122 Å². The number of unbranched alkanes of at least 4 members (excludes halogenated alkanes) is 19. The van der Waals surface area contributed by atoms with Gasteiger partial charge in [-0.2, -0.15) is 0 Å². The first-order valence-corrected chi connectivity index (χ1v) is 30.1. The van der Waals surface area contributed by atoms with Crippen LogP contribution in [0.4, 0.5) is 0 Å². The van der Waals surface area contributed by atoms with Crippen LogP contribution in [0.25, 0.3) is 0 Å². The van der Waals surface area contributed by atoms with E-state index in [4.69, 9.17) is 18.5 Å². The molecule has 2 unspecified atom stereocenters. The van der Waals surface area contributed by atoms with Crippen LogP contribution in [0, 0.1) is 0 Å². The van der Waals surface area contributed by atoms with Crippen molar-refractivity contribution < 1.29 is 42.1 Å². The van der Waals surface area contributed by atoms with E-state index in [-0.39, 0.29) is 32.0 Å². The Bertz CT molecular complexity index is 1580. The number of rotatable bonds is 51. The topological polar surface area (TPSA) is 108 Å². The third-order valence-electron chi connectivity index (χ3n) is 11.8. The quantitative estimate of drug-likeness (QED) is 0.0211. The van der Waals surface area contributed by atoms with Crippen molar-refractivity contribution in [3.05, 3.63) is 109 Å². The average Bonchev–Trinajstić information content (AvgIpc) is 3.34. The summed E-state index contributed by atoms with van der Waals surface area (Å²) in [5.41, 5.74) is 0. The molecule has 0 aromatic rings. The summed E-state index contributed by atoms with van der Waals surface area (Å²) >= 11 is 0. The van der Waals surface area contributed by atoms with Crippen LogP contribution in [0.2, 0.25) is 0 Å². The van der Waals surface area contributed by atoms with E-state index in [1.54, 1.807) is 0 Å². The highest BCUT2D eigenvalue weighted by Crippen LogP contribution is 2.43. The van der Waals surface area contributed by atoms with Crippen LogP contribution >= 0.6 is 7.82 Å². The first kappa shape index (κ1) is 68.7. The van der Waals surface area contributed by atoms with Crippen LogP contribution < -0.4 is 0 Å². The Balaban J connectivity index is 4.19. The van der Waals surface area contributed by atoms with Crippen LogP contribution in [0.15, 0.2) is 109 Å². The van der Waals surface area contributed by atoms with Gasteiger partial charge in [-0.05, 0) is 96.3 Å². The molecule has 0 rings (SSSR count). The number of allylic oxidation sites excluding steroid dienone is 18. The molecule has 0 aliphatic heterocycles. The van der Waals surface area contributed by atoms with Gasteiger partial charge in [0.2, 0.25) is 0 Å². The van der Waals surface area contributed by atoms with Crippen LogP contribution in [0.3, 0.4) is 0 Å². The van der Waals surface area contributed by atoms with Gasteiger partial charge < -0.3 is 18.9 Å². The zero-order valence-corrected chi connectivity index (χ0v) is 47.5. The van der Waals surface area contributed by atoms with Gasteiger partial charge in [-0.25, -0.2) is 4.57 Å². The zero-order valence-electron chi connectivity index (χ0n) is 46.6. The fourth-order valence-corrected chi connectivity index (χ4v) is 8.19. The maximum Gasteiger partial charge on any atom is 0.472 e. The molecule has 10 heteroatoms. The van der Waals surface area contributed by atoms with Crippen molar-refractivity contribution in [1.29, 1.82) is 0 Å². The molecule has 0 aromatic heterocycles. The monoisotopic (exact) mass is 1020 g/mol. The van der Waals surface area contributed by atoms with Crippen molar-refractivity contribution in [3.8, 4) is 0 Å². The molecule has 0 aliphatic carbocycles. The van der Waals surface area contributed by atoms with Gasteiger partial charge in [-0.1, -0.05) is 220 Å². The van der Waals surface area contributed by atoms with E-state index < -0.39 is 26.5 Å². The van der Waals surface area contributed by atoms with Crippen molar-refractivity contribution in [2.45, 2.75) is 225 Å². The normalized spacial score (nSPS) is 14.1. The summed E-state index contributed by atoms with van der Waals surface area (Å²) in [6.45, 7) is 4.18. The molecule has 9 nitrogen and oxygen atoms in total. The van der Waals surface area contributed by atoms with Crippen molar-refractivity contribution in [3.63, 3.8) is 0 Å². The van der Waals surface area contributed by atoms with Gasteiger partial charge in [-0.15, -0.1) is 0 Å². The molecule has 0 spiro atoms. The predicted octanol–water partition coefficient (Wildman–Crippen LogP) is 17.8. The van der Waals surface area contributed by atoms with Gasteiger partial charge in [-0.3, -0.25) is 18.6 Å². The van der Waals surface area contributed by atoms with Crippen molar-refractivity contribution in [2.75, 3.05) is 47.5 Å². The van der Waals surface area contributed by atoms with Crippen LogP contribution in [-0.4, -0.2) is 74.9 Å². The molecule has 0 bridgehead atoms. The van der Waals surface area contributed by atoms with E-state index in [1.807, 2.05) is 21.1 Å². The molecular weight excluding hydrogens is 918 g/mol. The Morgan fingerprint density at radius 2 is 0.750 bits per heavy atom. The summed E-state index contributed by atoms with van der Waals surface area (Å²) in [5, 5.41) is 0.